The monoisotopic (exact) mass is 382 g/mol. The molecule has 0 atom stereocenters. The summed E-state index contributed by atoms with van der Waals surface area (Å²) in [4.78, 5) is 0. The molecule has 0 aliphatic carbocycles. The first-order valence-corrected chi connectivity index (χ1v) is 9.16. The van der Waals surface area contributed by atoms with E-state index in [-0.39, 0.29) is 16.5 Å². The van der Waals surface area contributed by atoms with Crippen molar-refractivity contribution in [2.45, 2.75) is 19.8 Å². The van der Waals surface area contributed by atoms with E-state index in [0.717, 1.165) is 18.4 Å². The van der Waals surface area contributed by atoms with Crippen LogP contribution in [0.15, 0.2) is 67.3 Å². The van der Waals surface area contributed by atoms with Crippen molar-refractivity contribution in [3.8, 4) is 5.75 Å². The molecule has 144 valence electrons. The van der Waals surface area contributed by atoms with E-state index in [9.17, 15) is 13.2 Å². The van der Waals surface area contributed by atoms with E-state index < -0.39 is 17.5 Å². The zero-order valence-corrected chi connectivity index (χ0v) is 15.6. The van der Waals surface area contributed by atoms with Gasteiger partial charge < -0.3 is 4.74 Å². The van der Waals surface area contributed by atoms with Gasteiger partial charge in [0.05, 0.1) is 0 Å². The van der Waals surface area contributed by atoms with Crippen LogP contribution in [0.3, 0.4) is 0 Å². The van der Waals surface area contributed by atoms with Gasteiger partial charge in [0.1, 0.15) is 18.2 Å². The van der Waals surface area contributed by atoms with Crippen molar-refractivity contribution < 1.29 is 17.9 Å². The van der Waals surface area contributed by atoms with Gasteiger partial charge >= 0.3 is 0 Å². The van der Waals surface area contributed by atoms with E-state index in [1.807, 2.05) is 12.1 Å². The lowest BCUT2D eigenvalue weighted by Crippen LogP contribution is -1.94. The van der Waals surface area contributed by atoms with Crippen LogP contribution in [0, 0.1) is 5.82 Å². The number of halogens is 3. The van der Waals surface area contributed by atoms with Crippen LogP contribution in [0.1, 0.15) is 30.0 Å². The third-order valence-corrected chi connectivity index (χ3v) is 4.46. The minimum atomic E-state index is -1.23. The first kappa shape index (κ1) is 19.7. The highest BCUT2D eigenvalue weighted by Crippen LogP contribution is 2.34. The maximum Gasteiger partial charge on any atom is 0.169 e. The second kappa shape index (κ2) is 8.79. The first-order chi connectivity index (χ1) is 13.5. The molecule has 0 aromatic heterocycles. The van der Waals surface area contributed by atoms with Crippen LogP contribution in [0.25, 0.3) is 22.4 Å². The van der Waals surface area contributed by atoms with Gasteiger partial charge in [0, 0.05) is 16.5 Å². The highest BCUT2D eigenvalue weighted by Gasteiger charge is 2.17. The summed E-state index contributed by atoms with van der Waals surface area (Å²) in [6, 6.07) is 14.1. The molecule has 0 fully saturated rings. The van der Waals surface area contributed by atoms with Crippen LogP contribution in [0.2, 0.25) is 0 Å². The predicted octanol–water partition coefficient (Wildman–Crippen LogP) is 7.26. The average Bonchev–Trinajstić information content (AvgIpc) is 2.72. The number of fused-ring (bicyclic) bond motifs is 1. The predicted molar refractivity (Wildman–Crippen MR) is 109 cm³/mol. The molecule has 3 aromatic rings. The minimum absolute atomic E-state index is 0.0150. The van der Waals surface area contributed by atoms with E-state index in [1.54, 1.807) is 18.2 Å². The van der Waals surface area contributed by atoms with Crippen molar-refractivity contribution in [2.75, 3.05) is 6.61 Å². The fraction of sp³-hybridized carbons (Fsp3) is 0.167. The number of benzene rings is 3. The minimum Gasteiger partial charge on any atom is -0.490 e. The molecule has 0 saturated heterocycles. The van der Waals surface area contributed by atoms with Gasteiger partial charge in [0.15, 0.2) is 11.7 Å². The number of rotatable bonds is 7. The van der Waals surface area contributed by atoms with Gasteiger partial charge in [-0.3, -0.25) is 0 Å². The van der Waals surface area contributed by atoms with Crippen molar-refractivity contribution in [1.29, 1.82) is 0 Å². The zero-order chi connectivity index (χ0) is 20.1. The summed E-state index contributed by atoms with van der Waals surface area (Å²) in [5.41, 5.74) is 0.713. The standard InChI is InChI=1S/C24H21F3O/c1-3-5-16-6-12-20-18(15-16)9-13-21(23(20)26)24(27)22(25)17-7-10-19(11-8-17)28-14-4-2/h4,6-13,15H,2-3,5,14H2,1H3. The van der Waals surface area contributed by atoms with Crippen molar-refractivity contribution >= 4 is 22.4 Å². The summed E-state index contributed by atoms with van der Waals surface area (Å²) in [7, 11) is 0. The Bertz CT molecular complexity index is 1020. The van der Waals surface area contributed by atoms with E-state index in [0.29, 0.717) is 17.7 Å². The molecule has 0 spiro atoms. The molecule has 0 bridgehead atoms. The van der Waals surface area contributed by atoms with Gasteiger partial charge in [-0.25, -0.2) is 13.2 Å². The lowest BCUT2D eigenvalue weighted by molar-refractivity contribution is 0.363. The van der Waals surface area contributed by atoms with Crippen molar-refractivity contribution in [2.24, 2.45) is 0 Å². The van der Waals surface area contributed by atoms with Gasteiger partial charge in [-0.1, -0.05) is 50.3 Å². The molecule has 0 heterocycles. The number of ether oxygens (including phenoxy) is 1. The summed E-state index contributed by atoms with van der Waals surface area (Å²) in [5.74, 6) is -2.59. The third kappa shape index (κ3) is 4.11. The smallest absolute Gasteiger partial charge is 0.169 e. The number of hydrogen-bond donors (Lipinski definition) is 0. The van der Waals surface area contributed by atoms with Crippen LogP contribution < -0.4 is 4.74 Å². The number of hydrogen-bond acceptors (Lipinski definition) is 1. The summed E-state index contributed by atoms with van der Waals surface area (Å²) < 4.78 is 49.5. The van der Waals surface area contributed by atoms with Gasteiger partial charge in [0.2, 0.25) is 0 Å². The Morgan fingerprint density at radius 2 is 1.75 bits per heavy atom. The average molecular weight is 382 g/mol. The first-order valence-electron chi connectivity index (χ1n) is 9.16. The van der Waals surface area contributed by atoms with Gasteiger partial charge in [-0.15, -0.1) is 0 Å². The highest BCUT2D eigenvalue weighted by atomic mass is 19.2. The molecule has 0 aliphatic heterocycles. The Kier molecular flexibility index (Phi) is 6.19. The van der Waals surface area contributed by atoms with E-state index >= 15 is 0 Å². The van der Waals surface area contributed by atoms with E-state index in [1.165, 1.54) is 30.3 Å². The summed E-state index contributed by atoms with van der Waals surface area (Å²) in [6.07, 6.45) is 3.45. The van der Waals surface area contributed by atoms with E-state index in [2.05, 4.69) is 13.5 Å². The van der Waals surface area contributed by atoms with Crippen LogP contribution in [0.4, 0.5) is 13.2 Å². The summed E-state index contributed by atoms with van der Waals surface area (Å²) >= 11 is 0. The van der Waals surface area contributed by atoms with Crippen molar-refractivity contribution in [3.63, 3.8) is 0 Å². The summed E-state index contributed by atoms with van der Waals surface area (Å²) in [6.45, 7) is 5.92. The van der Waals surface area contributed by atoms with Crippen molar-refractivity contribution in [1.82, 2.24) is 0 Å². The molecule has 28 heavy (non-hydrogen) atoms. The number of aryl methyl sites for hydroxylation is 1. The van der Waals surface area contributed by atoms with Crippen LogP contribution in [-0.4, -0.2) is 6.61 Å². The molecule has 1 nitrogen and oxygen atoms in total. The Hall–Kier alpha value is -3.01. The lowest BCUT2D eigenvalue weighted by atomic mass is 10.00. The fourth-order valence-corrected chi connectivity index (χ4v) is 3.05. The highest BCUT2D eigenvalue weighted by molar-refractivity contribution is 5.91. The second-order valence-electron chi connectivity index (χ2n) is 6.48. The maximum atomic E-state index is 14.8. The molecule has 3 aromatic carbocycles. The lowest BCUT2D eigenvalue weighted by Gasteiger charge is -2.09. The maximum absolute atomic E-state index is 14.8. The molecule has 0 unspecified atom stereocenters. The van der Waals surface area contributed by atoms with Gasteiger partial charge in [-0.05, 0) is 47.7 Å². The SMILES string of the molecule is C=CCOc1ccc(C(F)=C(F)c2ccc3cc(CCC)ccc3c2F)cc1. The van der Waals surface area contributed by atoms with Crippen LogP contribution in [0.5, 0.6) is 5.75 Å². The fourth-order valence-electron chi connectivity index (χ4n) is 3.05. The molecular weight excluding hydrogens is 361 g/mol. The zero-order valence-electron chi connectivity index (χ0n) is 15.6. The Labute approximate surface area is 162 Å². The van der Waals surface area contributed by atoms with Gasteiger partial charge in [-0.2, -0.15) is 0 Å². The quantitative estimate of drug-likeness (QED) is 0.309. The topological polar surface area (TPSA) is 9.23 Å². The van der Waals surface area contributed by atoms with Crippen molar-refractivity contribution in [3.05, 3.63) is 89.8 Å². The Morgan fingerprint density at radius 1 is 1.00 bits per heavy atom. The Balaban J connectivity index is 1.96. The van der Waals surface area contributed by atoms with Crippen LogP contribution >= 0.6 is 0 Å². The van der Waals surface area contributed by atoms with Crippen LogP contribution in [-0.2, 0) is 6.42 Å². The van der Waals surface area contributed by atoms with Gasteiger partial charge in [0.25, 0.3) is 0 Å². The third-order valence-electron chi connectivity index (χ3n) is 4.46. The molecule has 3 rings (SSSR count). The summed E-state index contributed by atoms with van der Waals surface area (Å²) in [5, 5.41) is 0.942. The molecular formula is C24H21F3O. The second-order valence-corrected chi connectivity index (χ2v) is 6.48. The Morgan fingerprint density at radius 3 is 2.43 bits per heavy atom. The normalized spacial score (nSPS) is 12.0. The molecule has 0 saturated carbocycles. The van der Waals surface area contributed by atoms with E-state index in [4.69, 9.17) is 4.74 Å². The molecule has 4 heteroatoms. The molecule has 0 radical (unpaired) electrons. The molecule has 0 amide bonds. The molecule has 0 N–H and O–H groups in total. The molecule has 0 aliphatic rings. The largest absolute Gasteiger partial charge is 0.490 e.